The number of ether oxygens (including phenoxy) is 1. The minimum absolute atomic E-state index is 0.373. The Bertz CT molecular complexity index is 566. The highest BCUT2D eigenvalue weighted by Gasteiger charge is 2.51. The van der Waals surface area contributed by atoms with Gasteiger partial charge in [0.05, 0.1) is 11.2 Å². The number of hydrogen-bond donors (Lipinski definition) is 1. The molecule has 0 aromatic carbocycles. The predicted octanol–water partition coefficient (Wildman–Crippen LogP) is 0.578. The molecule has 0 radical (unpaired) electrons. The van der Waals surface area contributed by atoms with E-state index >= 15 is 0 Å². The van der Waals surface area contributed by atoms with Crippen molar-refractivity contribution in [3.63, 3.8) is 0 Å². The van der Waals surface area contributed by atoms with Gasteiger partial charge in [-0.3, -0.25) is 4.90 Å². The second kappa shape index (κ2) is 7.19. The minimum Gasteiger partial charge on any atom is -0.462 e. The maximum absolute atomic E-state index is 6.01. The van der Waals surface area contributed by atoms with Gasteiger partial charge in [-0.1, -0.05) is 0 Å². The lowest BCUT2D eigenvalue weighted by Crippen LogP contribution is -2.41. The molecule has 0 bridgehead atoms. The van der Waals surface area contributed by atoms with Crippen LogP contribution < -0.4 is 15.9 Å². The van der Waals surface area contributed by atoms with Crippen LogP contribution in [0.1, 0.15) is 40.5 Å². The summed E-state index contributed by atoms with van der Waals surface area (Å²) in [5.74, 6) is 0. The van der Waals surface area contributed by atoms with Gasteiger partial charge in [0.2, 0.25) is 0 Å². The zero-order chi connectivity index (χ0) is 18.1. The zero-order valence-corrected chi connectivity index (χ0v) is 15.7. The standard InChI is InChI=1S/C17H29BN4O3/c1-16(2)17(3,4)25-18(24-16)13-10-20-15(21-11-13)23-12-14-6-5-8-22(14)9-7-19/h10-11,14H,5-9,12,19H2,1-4H3/t14-/m0/s1. The number of nitrogens with two attached hydrogens (primary N) is 1. The number of hydrogen-bond acceptors (Lipinski definition) is 7. The SMILES string of the molecule is CC1(C)OB(c2cnc(OC[C@@H]3CCCN3CCN)nc2)OC1(C)C. The molecule has 2 N–H and O–H groups in total. The van der Waals surface area contributed by atoms with Crippen LogP contribution in [0.2, 0.25) is 0 Å². The molecule has 8 heteroatoms. The summed E-state index contributed by atoms with van der Waals surface area (Å²) in [5.41, 5.74) is 5.72. The van der Waals surface area contributed by atoms with Crippen molar-refractivity contribution in [2.24, 2.45) is 5.73 Å². The molecule has 138 valence electrons. The van der Waals surface area contributed by atoms with Crippen molar-refractivity contribution in [3.8, 4) is 6.01 Å². The molecule has 2 saturated heterocycles. The van der Waals surface area contributed by atoms with Gasteiger partial charge in [-0.2, -0.15) is 0 Å². The van der Waals surface area contributed by atoms with E-state index in [-0.39, 0.29) is 11.2 Å². The molecule has 2 aliphatic rings. The molecule has 2 aliphatic heterocycles. The largest absolute Gasteiger partial charge is 0.498 e. The number of nitrogens with zero attached hydrogens (tertiary/aromatic N) is 3. The van der Waals surface area contributed by atoms with Crippen LogP contribution in [0.25, 0.3) is 0 Å². The van der Waals surface area contributed by atoms with Gasteiger partial charge in [-0.15, -0.1) is 0 Å². The van der Waals surface area contributed by atoms with Gasteiger partial charge in [0.15, 0.2) is 0 Å². The lowest BCUT2D eigenvalue weighted by Gasteiger charge is -2.32. The third kappa shape index (κ3) is 3.97. The molecular formula is C17H29BN4O3. The summed E-state index contributed by atoms with van der Waals surface area (Å²) in [7, 11) is -0.450. The normalized spacial score (nSPS) is 25.5. The van der Waals surface area contributed by atoms with Gasteiger partial charge < -0.3 is 19.8 Å². The summed E-state index contributed by atoms with van der Waals surface area (Å²) in [6.45, 7) is 11.4. The van der Waals surface area contributed by atoms with Gasteiger partial charge in [-0.05, 0) is 47.1 Å². The third-order valence-corrected chi connectivity index (χ3v) is 5.49. The Hall–Kier alpha value is -1.22. The first-order valence-electron chi connectivity index (χ1n) is 9.07. The summed E-state index contributed by atoms with van der Waals surface area (Å²) in [4.78, 5) is 11.0. The predicted molar refractivity (Wildman–Crippen MR) is 96.9 cm³/mol. The monoisotopic (exact) mass is 348 g/mol. The molecule has 0 saturated carbocycles. The Morgan fingerprint density at radius 3 is 2.48 bits per heavy atom. The smallest absolute Gasteiger partial charge is 0.462 e. The Labute approximate surface area is 150 Å². The van der Waals surface area contributed by atoms with Crippen LogP contribution >= 0.6 is 0 Å². The van der Waals surface area contributed by atoms with Crippen LogP contribution in [0.5, 0.6) is 6.01 Å². The van der Waals surface area contributed by atoms with Gasteiger partial charge in [0.1, 0.15) is 6.61 Å². The van der Waals surface area contributed by atoms with Crippen LogP contribution in [-0.4, -0.2) is 65.5 Å². The van der Waals surface area contributed by atoms with E-state index in [2.05, 4.69) is 14.9 Å². The van der Waals surface area contributed by atoms with Gasteiger partial charge in [0.25, 0.3) is 0 Å². The van der Waals surface area contributed by atoms with E-state index < -0.39 is 7.12 Å². The number of likely N-dealkylation sites (tertiary alicyclic amines) is 1. The topological polar surface area (TPSA) is 82.7 Å². The Kier molecular flexibility index (Phi) is 5.34. The van der Waals surface area contributed by atoms with E-state index in [0.717, 1.165) is 25.0 Å². The van der Waals surface area contributed by atoms with Crippen LogP contribution in [-0.2, 0) is 9.31 Å². The lowest BCUT2D eigenvalue weighted by molar-refractivity contribution is 0.00578. The molecule has 0 amide bonds. The van der Waals surface area contributed by atoms with Gasteiger partial charge in [0, 0.05) is 37.0 Å². The Morgan fingerprint density at radius 1 is 1.24 bits per heavy atom. The second-order valence-electron chi connectivity index (χ2n) is 7.82. The maximum atomic E-state index is 6.01. The Balaban J connectivity index is 1.56. The molecule has 3 rings (SSSR count). The molecule has 0 spiro atoms. The first-order chi connectivity index (χ1) is 11.8. The molecule has 7 nitrogen and oxygen atoms in total. The van der Waals surface area contributed by atoms with E-state index in [4.69, 9.17) is 19.8 Å². The molecule has 25 heavy (non-hydrogen) atoms. The van der Waals surface area contributed by atoms with Crippen LogP contribution in [0.3, 0.4) is 0 Å². The third-order valence-electron chi connectivity index (χ3n) is 5.49. The first kappa shape index (κ1) is 18.6. The minimum atomic E-state index is -0.450. The fraction of sp³-hybridized carbons (Fsp3) is 0.765. The Morgan fingerprint density at radius 2 is 1.88 bits per heavy atom. The van der Waals surface area contributed by atoms with E-state index in [1.165, 1.54) is 6.42 Å². The van der Waals surface area contributed by atoms with Gasteiger partial charge in [-0.25, -0.2) is 9.97 Å². The molecule has 0 aliphatic carbocycles. The molecule has 2 fully saturated rings. The van der Waals surface area contributed by atoms with E-state index in [1.54, 1.807) is 12.4 Å². The molecular weight excluding hydrogens is 319 g/mol. The average Bonchev–Trinajstić information content (AvgIpc) is 3.08. The number of rotatable bonds is 6. The fourth-order valence-corrected chi connectivity index (χ4v) is 3.22. The fourth-order valence-electron chi connectivity index (χ4n) is 3.22. The molecule has 3 heterocycles. The van der Waals surface area contributed by atoms with Crippen LogP contribution in [0, 0.1) is 0 Å². The summed E-state index contributed by atoms with van der Waals surface area (Å²) in [5, 5.41) is 0. The highest BCUT2D eigenvalue weighted by Crippen LogP contribution is 2.36. The summed E-state index contributed by atoms with van der Waals surface area (Å²) >= 11 is 0. The summed E-state index contributed by atoms with van der Waals surface area (Å²) in [6.07, 6.45) is 5.76. The van der Waals surface area contributed by atoms with Crippen LogP contribution in [0.15, 0.2) is 12.4 Å². The first-order valence-corrected chi connectivity index (χ1v) is 9.07. The van der Waals surface area contributed by atoms with E-state index in [9.17, 15) is 0 Å². The van der Waals surface area contributed by atoms with Crippen molar-refractivity contribution >= 4 is 12.6 Å². The zero-order valence-electron chi connectivity index (χ0n) is 15.7. The van der Waals surface area contributed by atoms with Crippen molar-refractivity contribution < 1.29 is 14.0 Å². The number of aromatic nitrogens is 2. The summed E-state index contributed by atoms with van der Waals surface area (Å²) in [6, 6.07) is 0.787. The molecule has 1 aromatic heterocycles. The second-order valence-corrected chi connectivity index (χ2v) is 7.82. The van der Waals surface area contributed by atoms with Gasteiger partial charge >= 0.3 is 13.1 Å². The average molecular weight is 348 g/mol. The molecule has 1 atom stereocenters. The molecule has 0 unspecified atom stereocenters. The van der Waals surface area contributed by atoms with E-state index in [0.29, 0.717) is 25.2 Å². The van der Waals surface area contributed by atoms with Crippen molar-refractivity contribution in [2.45, 2.75) is 57.8 Å². The highest BCUT2D eigenvalue weighted by atomic mass is 16.7. The maximum Gasteiger partial charge on any atom is 0.498 e. The summed E-state index contributed by atoms with van der Waals surface area (Å²) < 4.78 is 17.8. The van der Waals surface area contributed by atoms with Crippen molar-refractivity contribution in [3.05, 3.63) is 12.4 Å². The van der Waals surface area contributed by atoms with Crippen molar-refractivity contribution in [1.82, 2.24) is 14.9 Å². The highest BCUT2D eigenvalue weighted by molar-refractivity contribution is 6.61. The lowest BCUT2D eigenvalue weighted by atomic mass is 9.81. The van der Waals surface area contributed by atoms with Crippen LogP contribution in [0.4, 0.5) is 0 Å². The quantitative estimate of drug-likeness (QED) is 0.753. The van der Waals surface area contributed by atoms with E-state index in [1.807, 2.05) is 27.7 Å². The van der Waals surface area contributed by atoms with Crippen molar-refractivity contribution in [1.29, 1.82) is 0 Å². The molecule has 1 aromatic rings. The van der Waals surface area contributed by atoms with Crippen molar-refractivity contribution in [2.75, 3.05) is 26.2 Å².